The van der Waals surface area contributed by atoms with Gasteiger partial charge in [0.05, 0.1) is 5.69 Å². The number of likely N-dealkylation sites (tertiary alicyclic amines) is 1. The molecule has 2 fully saturated rings. The summed E-state index contributed by atoms with van der Waals surface area (Å²) in [6, 6.07) is 1.98. The van der Waals surface area contributed by atoms with Crippen molar-refractivity contribution in [2.45, 2.75) is 77.8 Å². The first-order valence-corrected chi connectivity index (χ1v) is 10.9. The number of aromatic nitrogens is 4. The van der Waals surface area contributed by atoms with Gasteiger partial charge in [0.1, 0.15) is 11.5 Å². The second-order valence-electron chi connectivity index (χ2n) is 8.75. The van der Waals surface area contributed by atoms with Crippen molar-refractivity contribution in [3.05, 3.63) is 35.7 Å². The Bertz CT molecular complexity index is 817. The predicted octanol–water partition coefficient (Wildman–Crippen LogP) is 4.04. The maximum Gasteiger partial charge on any atom is 0.272 e. The molecule has 2 aromatic rings. The van der Waals surface area contributed by atoms with Gasteiger partial charge in [-0.15, -0.1) is 0 Å². The van der Waals surface area contributed by atoms with E-state index in [-0.39, 0.29) is 5.91 Å². The molecule has 0 N–H and O–H groups in total. The normalized spacial score (nSPS) is 20.6. The first-order valence-electron chi connectivity index (χ1n) is 10.9. The Balaban J connectivity index is 1.50. The lowest BCUT2D eigenvalue weighted by Gasteiger charge is -2.33. The predicted molar refractivity (Wildman–Crippen MR) is 109 cm³/mol. The molecule has 1 saturated carbocycles. The minimum atomic E-state index is 0.114. The van der Waals surface area contributed by atoms with Crippen molar-refractivity contribution in [1.29, 1.82) is 0 Å². The fourth-order valence-electron chi connectivity index (χ4n) is 4.45. The SMILES string of the molecule is CCn1nc(C(C)C)cc1C(=O)N1CCCC(c2nccn2CC2CCC2)C1. The van der Waals surface area contributed by atoms with Crippen LogP contribution in [0.2, 0.25) is 0 Å². The third-order valence-electron chi connectivity index (χ3n) is 6.41. The molecule has 1 saturated heterocycles. The van der Waals surface area contributed by atoms with Gasteiger partial charge in [0.2, 0.25) is 0 Å². The number of rotatable bonds is 6. The number of hydrogen-bond donors (Lipinski definition) is 0. The maximum atomic E-state index is 13.3. The fraction of sp³-hybridized carbons (Fsp3) is 0.682. The summed E-state index contributed by atoms with van der Waals surface area (Å²) >= 11 is 0. The van der Waals surface area contributed by atoms with Gasteiger partial charge < -0.3 is 9.47 Å². The number of carbonyl (C=O) groups is 1. The van der Waals surface area contributed by atoms with Crippen LogP contribution in [0, 0.1) is 5.92 Å². The molecular formula is C22H33N5O. The highest BCUT2D eigenvalue weighted by Crippen LogP contribution is 2.31. The van der Waals surface area contributed by atoms with Crippen molar-refractivity contribution >= 4 is 5.91 Å². The van der Waals surface area contributed by atoms with E-state index in [0.717, 1.165) is 62.2 Å². The largest absolute Gasteiger partial charge is 0.337 e. The third kappa shape index (κ3) is 3.74. The number of aryl methyl sites for hydroxylation is 1. The molecule has 1 aliphatic carbocycles. The molecule has 1 amide bonds. The summed E-state index contributed by atoms with van der Waals surface area (Å²) in [6.07, 6.45) is 10.2. The first kappa shape index (κ1) is 19.2. The van der Waals surface area contributed by atoms with Gasteiger partial charge in [-0.25, -0.2) is 4.98 Å². The minimum absolute atomic E-state index is 0.114. The van der Waals surface area contributed by atoms with Crippen LogP contribution in [0.3, 0.4) is 0 Å². The van der Waals surface area contributed by atoms with Gasteiger partial charge in [0.25, 0.3) is 5.91 Å². The molecule has 0 bridgehead atoms. The van der Waals surface area contributed by atoms with E-state index in [4.69, 9.17) is 0 Å². The van der Waals surface area contributed by atoms with Crippen molar-refractivity contribution in [3.8, 4) is 0 Å². The van der Waals surface area contributed by atoms with Crippen LogP contribution in [0.5, 0.6) is 0 Å². The molecule has 2 aliphatic rings. The second kappa shape index (κ2) is 8.10. The van der Waals surface area contributed by atoms with Gasteiger partial charge >= 0.3 is 0 Å². The lowest BCUT2D eigenvalue weighted by Crippen LogP contribution is -2.40. The van der Waals surface area contributed by atoms with E-state index in [9.17, 15) is 4.79 Å². The molecule has 3 heterocycles. The molecule has 0 aromatic carbocycles. The van der Waals surface area contributed by atoms with Crippen molar-refractivity contribution in [2.24, 2.45) is 5.92 Å². The minimum Gasteiger partial charge on any atom is -0.337 e. The highest BCUT2D eigenvalue weighted by atomic mass is 16.2. The average Bonchev–Trinajstić information content (AvgIpc) is 3.31. The van der Waals surface area contributed by atoms with E-state index in [1.165, 1.54) is 19.3 Å². The van der Waals surface area contributed by atoms with Crippen LogP contribution in [-0.2, 0) is 13.1 Å². The van der Waals surface area contributed by atoms with E-state index >= 15 is 0 Å². The highest BCUT2D eigenvalue weighted by molar-refractivity contribution is 5.92. The van der Waals surface area contributed by atoms with E-state index in [1.807, 2.05) is 28.8 Å². The van der Waals surface area contributed by atoms with Crippen molar-refractivity contribution in [3.63, 3.8) is 0 Å². The first-order chi connectivity index (χ1) is 13.6. The topological polar surface area (TPSA) is 56.0 Å². The second-order valence-corrected chi connectivity index (χ2v) is 8.75. The molecule has 0 radical (unpaired) electrons. The van der Waals surface area contributed by atoms with E-state index < -0.39 is 0 Å². The van der Waals surface area contributed by atoms with Crippen molar-refractivity contribution in [1.82, 2.24) is 24.2 Å². The van der Waals surface area contributed by atoms with E-state index in [2.05, 4.69) is 34.7 Å². The third-order valence-corrected chi connectivity index (χ3v) is 6.41. The Hall–Kier alpha value is -2.11. The smallest absolute Gasteiger partial charge is 0.272 e. The quantitative estimate of drug-likeness (QED) is 0.756. The van der Waals surface area contributed by atoms with Crippen LogP contribution < -0.4 is 0 Å². The van der Waals surface area contributed by atoms with E-state index in [0.29, 0.717) is 11.8 Å². The molecule has 1 unspecified atom stereocenters. The van der Waals surface area contributed by atoms with Gasteiger partial charge in [-0.2, -0.15) is 5.10 Å². The molecular weight excluding hydrogens is 350 g/mol. The molecule has 2 aromatic heterocycles. The molecule has 6 nitrogen and oxygen atoms in total. The summed E-state index contributed by atoms with van der Waals surface area (Å²) in [5.41, 5.74) is 1.72. The van der Waals surface area contributed by atoms with Crippen LogP contribution in [0.25, 0.3) is 0 Å². The summed E-state index contributed by atoms with van der Waals surface area (Å²) in [5.74, 6) is 2.74. The molecule has 0 spiro atoms. The molecule has 152 valence electrons. The number of nitrogens with zero attached hydrogens (tertiary/aromatic N) is 5. The zero-order chi connectivity index (χ0) is 19.7. The number of hydrogen-bond acceptors (Lipinski definition) is 3. The van der Waals surface area contributed by atoms with Crippen molar-refractivity contribution in [2.75, 3.05) is 13.1 Å². The van der Waals surface area contributed by atoms with Crippen LogP contribution in [0.4, 0.5) is 0 Å². The molecule has 1 atom stereocenters. The Labute approximate surface area is 167 Å². The highest BCUT2D eigenvalue weighted by Gasteiger charge is 2.30. The molecule has 4 rings (SSSR count). The zero-order valence-corrected chi connectivity index (χ0v) is 17.5. The van der Waals surface area contributed by atoms with Gasteiger partial charge in [0.15, 0.2) is 0 Å². The maximum absolute atomic E-state index is 13.3. The Kier molecular flexibility index (Phi) is 5.56. The van der Waals surface area contributed by atoms with Gasteiger partial charge in [-0.3, -0.25) is 9.48 Å². The summed E-state index contributed by atoms with van der Waals surface area (Å²) in [4.78, 5) is 20.0. The number of amides is 1. The van der Waals surface area contributed by atoms with Crippen LogP contribution in [-0.4, -0.2) is 43.2 Å². The zero-order valence-electron chi connectivity index (χ0n) is 17.5. The number of imidazole rings is 1. The lowest BCUT2D eigenvalue weighted by atomic mass is 9.85. The molecule has 1 aliphatic heterocycles. The summed E-state index contributed by atoms with van der Waals surface area (Å²) in [6.45, 7) is 9.67. The standard InChI is InChI=1S/C22H33N5O/c1-4-27-20(13-19(24-27)16(2)3)22(28)26-11-6-9-18(15-26)21-23-10-12-25(21)14-17-7-5-8-17/h10,12-13,16-18H,4-9,11,14-15H2,1-3H3. The number of carbonyl (C=O) groups excluding carboxylic acids is 1. The summed E-state index contributed by atoms with van der Waals surface area (Å²) in [7, 11) is 0. The van der Waals surface area contributed by atoms with Gasteiger partial charge in [-0.1, -0.05) is 20.3 Å². The van der Waals surface area contributed by atoms with Gasteiger partial charge in [0, 0.05) is 44.5 Å². The van der Waals surface area contributed by atoms with Gasteiger partial charge in [-0.05, 0) is 50.5 Å². The fourth-order valence-corrected chi connectivity index (χ4v) is 4.45. The average molecular weight is 384 g/mol. The van der Waals surface area contributed by atoms with Crippen molar-refractivity contribution < 1.29 is 4.79 Å². The number of piperidine rings is 1. The Morgan fingerprint density at radius 3 is 2.75 bits per heavy atom. The van der Waals surface area contributed by atoms with Crippen LogP contribution in [0.1, 0.15) is 86.7 Å². The Morgan fingerprint density at radius 2 is 2.07 bits per heavy atom. The summed E-state index contributed by atoms with van der Waals surface area (Å²) < 4.78 is 4.20. The summed E-state index contributed by atoms with van der Waals surface area (Å²) in [5, 5.41) is 4.63. The Morgan fingerprint density at radius 1 is 1.25 bits per heavy atom. The molecule has 28 heavy (non-hydrogen) atoms. The monoisotopic (exact) mass is 383 g/mol. The van der Waals surface area contributed by atoms with Crippen LogP contribution in [0.15, 0.2) is 18.5 Å². The van der Waals surface area contributed by atoms with E-state index in [1.54, 1.807) is 0 Å². The van der Waals surface area contributed by atoms with Crippen LogP contribution >= 0.6 is 0 Å². The lowest BCUT2D eigenvalue weighted by molar-refractivity contribution is 0.0690. The molecule has 6 heteroatoms.